The summed E-state index contributed by atoms with van der Waals surface area (Å²) in [6.07, 6.45) is 1.47. The molecule has 0 aliphatic carbocycles. The van der Waals surface area contributed by atoms with Crippen molar-refractivity contribution in [1.29, 1.82) is 0 Å². The highest BCUT2D eigenvalue weighted by molar-refractivity contribution is 5.99. The van der Waals surface area contributed by atoms with Gasteiger partial charge >= 0.3 is 6.09 Å². The van der Waals surface area contributed by atoms with E-state index < -0.39 is 41.6 Å². The summed E-state index contributed by atoms with van der Waals surface area (Å²) in [5, 5.41) is 9.35. The second kappa shape index (κ2) is 14.4. The zero-order valence-corrected chi connectivity index (χ0v) is 26.2. The van der Waals surface area contributed by atoms with Gasteiger partial charge in [-0.2, -0.15) is 0 Å². The highest BCUT2D eigenvalue weighted by atomic mass is 16.6. The number of amides is 3. The summed E-state index contributed by atoms with van der Waals surface area (Å²) in [5.41, 5.74) is 2.43. The zero-order valence-electron chi connectivity index (χ0n) is 26.2. The first-order chi connectivity index (χ1) is 22.1. The number of benzene rings is 3. The topological polar surface area (TPSA) is 142 Å². The Balaban J connectivity index is 1.35. The van der Waals surface area contributed by atoms with Crippen molar-refractivity contribution in [2.75, 3.05) is 6.61 Å². The molecule has 3 amide bonds. The van der Waals surface area contributed by atoms with Crippen LogP contribution in [0.1, 0.15) is 37.5 Å². The fourth-order valence-corrected chi connectivity index (χ4v) is 5.37. The van der Waals surface area contributed by atoms with Gasteiger partial charge in [-0.3, -0.25) is 14.4 Å². The molecule has 1 aromatic heterocycles. The van der Waals surface area contributed by atoms with Crippen LogP contribution in [-0.4, -0.2) is 59.0 Å². The Morgan fingerprint density at radius 1 is 0.804 bits per heavy atom. The lowest BCUT2D eigenvalue weighted by atomic mass is 9.94. The first-order valence-corrected chi connectivity index (χ1v) is 15.5. The number of aromatic nitrogens is 1. The van der Waals surface area contributed by atoms with E-state index in [4.69, 9.17) is 9.47 Å². The van der Waals surface area contributed by atoms with Crippen molar-refractivity contribution >= 4 is 34.6 Å². The van der Waals surface area contributed by atoms with Gasteiger partial charge in [0.1, 0.15) is 24.3 Å². The summed E-state index contributed by atoms with van der Waals surface area (Å²) in [5.74, 6) is -1.62. The predicted octanol–water partition coefficient (Wildman–Crippen LogP) is 4.23. The van der Waals surface area contributed by atoms with E-state index in [0.29, 0.717) is 0 Å². The predicted molar refractivity (Wildman–Crippen MR) is 174 cm³/mol. The third-order valence-corrected chi connectivity index (χ3v) is 8.18. The maximum absolute atomic E-state index is 14.0. The number of epoxide rings is 1. The smallest absolute Gasteiger partial charge is 0.408 e. The Bertz CT molecular complexity index is 1670. The number of carbonyl (C=O) groups excluding carboxylic acids is 4. The van der Waals surface area contributed by atoms with Crippen LogP contribution in [0.2, 0.25) is 0 Å². The Hall–Kier alpha value is -4.96. The molecule has 1 aliphatic rings. The number of Topliss-reactive ketones (excluding diaryl/α,β-unsaturated/α-hetero) is 1. The first-order valence-electron chi connectivity index (χ1n) is 15.5. The van der Waals surface area contributed by atoms with Crippen molar-refractivity contribution in [1.82, 2.24) is 20.9 Å². The molecule has 2 unspecified atom stereocenters. The lowest BCUT2D eigenvalue weighted by Gasteiger charge is -2.27. The number of para-hydroxylation sites is 1. The number of aromatic amines is 1. The van der Waals surface area contributed by atoms with Crippen LogP contribution in [0.25, 0.3) is 10.9 Å². The lowest BCUT2D eigenvalue weighted by Crippen LogP contribution is -2.58. The molecule has 1 fully saturated rings. The fraction of sp³-hybridized carbons (Fsp3) is 0.333. The number of rotatable bonds is 14. The normalized spacial score (nSPS) is 17.5. The summed E-state index contributed by atoms with van der Waals surface area (Å²) < 4.78 is 10.8. The van der Waals surface area contributed by atoms with Crippen LogP contribution in [0.3, 0.4) is 0 Å². The molecule has 4 aromatic rings. The highest BCUT2D eigenvalue weighted by Crippen LogP contribution is 2.29. The van der Waals surface area contributed by atoms with E-state index in [1.165, 1.54) is 0 Å². The number of nitrogens with one attached hydrogen (secondary N) is 4. The minimum absolute atomic E-state index is 0.0458. The van der Waals surface area contributed by atoms with Gasteiger partial charge in [-0.05, 0) is 42.0 Å². The Labute approximate surface area is 268 Å². The van der Waals surface area contributed by atoms with Gasteiger partial charge in [0.2, 0.25) is 11.8 Å². The largest absolute Gasteiger partial charge is 0.445 e. The van der Waals surface area contributed by atoms with Crippen molar-refractivity contribution in [2.45, 2.75) is 63.9 Å². The summed E-state index contributed by atoms with van der Waals surface area (Å²) in [4.78, 5) is 57.2. The van der Waals surface area contributed by atoms with Crippen LogP contribution in [0, 0.1) is 5.92 Å². The van der Waals surface area contributed by atoms with Crippen molar-refractivity contribution in [2.24, 2.45) is 5.92 Å². The van der Waals surface area contributed by atoms with Crippen LogP contribution < -0.4 is 16.0 Å². The maximum Gasteiger partial charge on any atom is 0.408 e. The standard InChI is InChI=1S/C36H40N4O6/c1-23(2)31(40-35(44)45-21-25-14-8-5-9-15-25)34(43)39-30(19-26-20-37-28-17-11-10-16-27(26)28)33(42)38-29(32(41)36(3)22-46-36)18-24-12-6-4-7-13-24/h4-17,20,23,29-31,37H,18-19,21-22H2,1-3H3,(H,38,42)(H,39,43)(H,40,44)/t29?,30-,31+,36?/m0/s1. The van der Waals surface area contributed by atoms with Gasteiger partial charge in [0.05, 0.1) is 12.6 Å². The molecule has 2 heterocycles. The van der Waals surface area contributed by atoms with Gasteiger partial charge in [-0.1, -0.05) is 92.7 Å². The average molecular weight is 625 g/mol. The van der Waals surface area contributed by atoms with E-state index in [-0.39, 0.29) is 37.8 Å². The molecule has 240 valence electrons. The average Bonchev–Trinajstić information content (AvgIpc) is 3.69. The first kappa shape index (κ1) is 32.4. The van der Waals surface area contributed by atoms with Crippen molar-refractivity contribution in [3.63, 3.8) is 0 Å². The maximum atomic E-state index is 14.0. The summed E-state index contributed by atoms with van der Waals surface area (Å²) in [6.45, 7) is 5.62. The number of fused-ring (bicyclic) bond motifs is 1. The third kappa shape index (κ3) is 8.19. The van der Waals surface area contributed by atoms with Crippen LogP contribution in [0.5, 0.6) is 0 Å². The molecular weight excluding hydrogens is 584 g/mol. The van der Waals surface area contributed by atoms with E-state index in [0.717, 1.165) is 27.6 Å². The molecule has 0 radical (unpaired) electrons. The highest BCUT2D eigenvalue weighted by Gasteiger charge is 2.50. The fourth-order valence-electron chi connectivity index (χ4n) is 5.37. The minimum atomic E-state index is -1.06. The number of hydrogen-bond donors (Lipinski definition) is 4. The lowest BCUT2D eigenvalue weighted by molar-refractivity contribution is -0.133. The molecule has 4 N–H and O–H groups in total. The van der Waals surface area contributed by atoms with Crippen LogP contribution in [-0.2, 0) is 43.3 Å². The Morgan fingerprint density at radius 2 is 1.41 bits per heavy atom. The van der Waals surface area contributed by atoms with Crippen LogP contribution in [0.4, 0.5) is 4.79 Å². The van der Waals surface area contributed by atoms with E-state index in [1.54, 1.807) is 20.8 Å². The van der Waals surface area contributed by atoms with E-state index in [9.17, 15) is 19.2 Å². The molecule has 10 heteroatoms. The van der Waals surface area contributed by atoms with Gasteiger partial charge < -0.3 is 30.4 Å². The number of H-pyrrole nitrogens is 1. The minimum Gasteiger partial charge on any atom is -0.445 e. The molecule has 46 heavy (non-hydrogen) atoms. The van der Waals surface area contributed by atoms with E-state index >= 15 is 0 Å². The molecule has 0 spiro atoms. The van der Waals surface area contributed by atoms with Gasteiger partial charge in [-0.25, -0.2) is 4.79 Å². The van der Waals surface area contributed by atoms with Crippen molar-refractivity contribution < 1.29 is 28.7 Å². The van der Waals surface area contributed by atoms with Gasteiger partial charge in [0, 0.05) is 23.5 Å². The molecule has 3 aromatic carbocycles. The Kier molecular flexibility index (Phi) is 10.2. The number of alkyl carbamates (subject to hydrolysis) is 1. The third-order valence-electron chi connectivity index (χ3n) is 8.18. The van der Waals surface area contributed by atoms with E-state index in [2.05, 4.69) is 20.9 Å². The van der Waals surface area contributed by atoms with Crippen LogP contribution >= 0.6 is 0 Å². The molecular formula is C36H40N4O6. The second-order valence-electron chi connectivity index (χ2n) is 12.2. The van der Waals surface area contributed by atoms with Crippen LogP contribution in [0.15, 0.2) is 91.1 Å². The molecule has 0 saturated carbocycles. The monoisotopic (exact) mass is 624 g/mol. The second-order valence-corrected chi connectivity index (χ2v) is 12.2. The van der Waals surface area contributed by atoms with Crippen molar-refractivity contribution in [3.8, 4) is 0 Å². The molecule has 10 nitrogen and oxygen atoms in total. The molecule has 5 rings (SSSR count). The number of hydrogen-bond acceptors (Lipinski definition) is 6. The molecule has 0 bridgehead atoms. The number of ether oxygens (including phenoxy) is 2. The molecule has 1 saturated heterocycles. The van der Waals surface area contributed by atoms with Gasteiger partial charge in [0.25, 0.3) is 0 Å². The quantitative estimate of drug-likeness (QED) is 0.155. The summed E-state index contributed by atoms with van der Waals surface area (Å²) in [7, 11) is 0. The van der Waals surface area contributed by atoms with Gasteiger partial charge in [0.15, 0.2) is 5.78 Å². The van der Waals surface area contributed by atoms with Gasteiger partial charge in [-0.15, -0.1) is 0 Å². The summed E-state index contributed by atoms with van der Waals surface area (Å²) >= 11 is 0. The van der Waals surface area contributed by atoms with E-state index in [1.807, 2.05) is 91.1 Å². The summed E-state index contributed by atoms with van der Waals surface area (Å²) in [6, 6.07) is 23.4. The number of ketones is 1. The zero-order chi connectivity index (χ0) is 32.7. The molecule has 1 aliphatic heterocycles. The molecule has 4 atom stereocenters. The Morgan fingerprint density at radius 3 is 2.07 bits per heavy atom. The van der Waals surface area contributed by atoms with Crippen molar-refractivity contribution in [3.05, 3.63) is 108 Å². The SMILES string of the molecule is CC(C)[C@@H](NC(=O)OCc1ccccc1)C(=O)N[C@@H](Cc1c[nH]c2ccccc12)C(=O)NC(Cc1ccccc1)C(=O)C1(C)CO1. The number of carbonyl (C=O) groups is 4.